The Labute approximate surface area is 153 Å². The second-order valence-corrected chi connectivity index (χ2v) is 5.48. The molecule has 1 amide bonds. The van der Waals surface area contributed by atoms with Crippen molar-refractivity contribution < 1.29 is 23.7 Å². The van der Waals surface area contributed by atoms with E-state index in [2.05, 4.69) is 5.32 Å². The van der Waals surface area contributed by atoms with Gasteiger partial charge in [0.15, 0.2) is 11.5 Å². The number of rotatable bonds is 7. The Balaban J connectivity index is 2.22. The standard InChI is InChI=1S/C20H23NO5/c1-13-6-8-16(23-2)15(10-13)21-19(22)9-7-14-11-17(24-3)20(26-5)18(12-14)25-4/h6-12H,1-5H3,(H,21,22). The summed E-state index contributed by atoms with van der Waals surface area (Å²) < 4.78 is 21.2. The van der Waals surface area contributed by atoms with Gasteiger partial charge in [-0.25, -0.2) is 0 Å². The van der Waals surface area contributed by atoms with Crippen molar-refractivity contribution in [1.82, 2.24) is 0 Å². The number of carbonyl (C=O) groups is 1. The molecule has 0 heterocycles. The fourth-order valence-electron chi connectivity index (χ4n) is 2.46. The Bertz CT molecular complexity index is 789. The lowest BCUT2D eigenvalue weighted by Gasteiger charge is -2.13. The number of anilines is 1. The Morgan fingerprint density at radius 2 is 1.50 bits per heavy atom. The quantitative estimate of drug-likeness (QED) is 0.766. The molecule has 2 aromatic rings. The van der Waals surface area contributed by atoms with Gasteiger partial charge >= 0.3 is 0 Å². The van der Waals surface area contributed by atoms with Crippen molar-refractivity contribution in [2.45, 2.75) is 6.92 Å². The molecule has 0 fully saturated rings. The summed E-state index contributed by atoms with van der Waals surface area (Å²) >= 11 is 0. The minimum absolute atomic E-state index is 0.275. The summed E-state index contributed by atoms with van der Waals surface area (Å²) in [6.07, 6.45) is 3.10. The lowest BCUT2D eigenvalue weighted by molar-refractivity contribution is -0.111. The van der Waals surface area contributed by atoms with Crippen molar-refractivity contribution in [1.29, 1.82) is 0 Å². The predicted molar refractivity (Wildman–Crippen MR) is 101 cm³/mol. The fraction of sp³-hybridized carbons (Fsp3) is 0.250. The Morgan fingerprint density at radius 1 is 0.885 bits per heavy atom. The number of carbonyl (C=O) groups excluding carboxylic acids is 1. The van der Waals surface area contributed by atoms with Gasteiger partial charge in [0.2, 0.25) is 11.7 Å². The molecule has 0 unspecified atom stereocenters. The summed E-state index contributed by atoms with van der Waals surface area (Å²) in [6.45, 7) is 1.95. The first-order valence-corrected chi connectivity index (χ1v) is 7.96. The highest BCUT2D eigenvalue weighted by Gasteiger charge is 2.12. The van der Waals surface area contributed by atoms with E-state index in [1.165, 1.54) is 6.08 Å². The van der Waals surface area contributed by atoms with E-state index < -0.39 is 0 Å². The van der Waals surface area contributed by atoms with Crippen LogP contribution in [-0.4, -0.2) is 34.3 Å². The van der Waals surface area contributed by atoms with Crippen LogP contribution in [0.2, 0.25) is 0 Å². The van der Waals surface area contributed by atoms with Gasteiger partial charge in [0, 0.05) is 6.08 Å². The molecule has 2 aromatic carbocycles. The van der Waals surface area contributed by atoms with Gasteiger partial charge in [0.1, 0.15) is 5.75 Å². The van der Waals surface area contributed by atoms with E-state index in [9.17, 15) is 4.79 Å². The topological polar surface area (TPSA) is 66.0 Å². The van der Waals surface area contributed by atoms with Crippen LogP contribution in [0.4, 0.5) is 5.69 Å². The molecule has 6 heteroatoms. The molecular weight excluding hydrogens is 334 g/mol. The SMILES string of the molecule is COc1ccc(C)cc1NC(=O)C=Cc1cc(OC)c(OC)c(OC)c1. The molecule has 0 spiro atoms. The van der Waals surface area contributed by atoms with Gasteiger partial charge < -0.3 is 24.3 Å². The smallest absolute Gasteiger partial charge is 0.248 e. The number of ether oxygens (including phenoxy) is 4. The third kappa shape index (κ3) is 4.47. The van der Waals surface area contributed by atoms with Crippen LogP contribution in [0, 0.1) is 6.92 Å². The number of hydrogen-bond acceptors (Lipinski definition) is 5. The van der Waals surface area contributed by atoms with E-state index in [1.807, 2.05) is 25.1 Å². The van der Waals surface area contributed by atoms with Gasteiger partial charge in [0.25, 0.3) is 0 Å². The van der Waals surface area contributed by atoms with E-state index in [4.69, 9.17) is 18.9 Å². The van der Waals surface area contributed by atoms with Crippen molar-refractivity contribution in [3.63, 3.8) is 0 Å². The maximum atomic E-state index is 12.3. The van der Waals surface area contributed by atoms with Crippen LogP contribution in [0.1, 0.15) is 11.1 Å². The summed E-state index contributed by atoms with van der Waals surface area (Å²) in [5.41, 5.74) is 2.38. The molecule has 138 valence electrons. The maximum Gasteiger partial charge on any atom is 0.248 e. The molecule has 0 atom stereocenters. The van der Waals surface area contributed by atoms with Crippen LogP contribution in [0.25, 0.3) is 6.08 Å². The van der Waals surface area contributed by atoms with Crippen LogP contribution in [-0.2, 0) is 4.79 Å². The number of benzene rings is 2. The molecule has 0 saturated heterocycles. The first kappa shape index (κ1) is 19.2. The van der Waals surface area contributed by atoms with Crippen LogP contribution >= 0.6 is 0 Å². The summed E-state index contributed by atoms with van der Waals surface area (Å²) in [6, 6.07) is 9.11. The summed E-state index contributed by atoms with van der Waals surface area (Å²) in [4.78, 5) is 12.3. The Morgan fingerprint density at radius 3 is 2.04 bits per heavy atom. The lowest BCUT2D eigenvalue weighted by Crippen LogP contribution is -2.09. The summed E-state index contributed by atoms with van der Waals surface area (Å²) in [5, 5.41) is 2.81. The van der Waals surface area contributed by atoms with E-state index in [1.54, 1.807) is 46.6 Å². The van der Waals surface area contributed by atoms with Crippen molar-refractivity contribution in [2.75, 3.05) is 33.8 Å². The predicted octanol–water partition coefficient (Wildman–Crippen LogP) is 3.68. The molecular formula is C20H23NO5. The third-order valence-corrected chi connectivity index (χ3v) is 3.73. The highest BCUT2D eigenvalue weighted by Crippen LogP contribution is 2.38. The molecule has 0 bridgehead atoms. The average molecular weight is 357 g/mol. The number of methoxy groups -OCH3 is 4. The Kier molecular flexibility index (Phi) is 6.49. The summed E-state index contributed by atoms with van der Waals surface area (Å²) in [7, 11) is 6.19. The zero-order valence-electron chi connectivity index (χ0n) is 15.6. The largest absolute Gasteiger partial charge is 0.495 e. The highest BCUT2D eigenvalue weighted by atomic mass is 16.5. The molecule has 0 radical (unpaired) electrons. The molecule has 0 aliphatic carbocycles. The number of hydrogen-bond donors (Lipinski definition) is 1. The van der Waals surface area contributed by atoms with Crippen molar-refractivity contribution in [2.24, 2.45) is 0 Å². The van der Waals surface area contributed by atoms with E-state index >= 15 is 0 Å². The van der Waals surface area contributed by atoms with Crippen LogP contribution in [0.3, 0.4) is 0 Å². The van der Waals surface area contributed by atoms with E-state index in [0.717, 1.165) is 11.1 Å². The maximum absolute atomic E-state index is 12.3. The highest BCUT2D eigenvalue weighted by molar-refractivity contribution is 6.02. The monoisotopic (exact) mass is 357 g/mol. The van der Waals surface area contributed by atoms with Crippen molar-refractivity contribution in [3.8, 4) is 23.0 Å². The fourth-order valence-corrected chi connectivity index (χ4v) is 2.46. The van der Waals surface area contributed by atoms with Crippen molar-refractivity contribution >= 4 is 17.7 Å². The minimum Gasteiger partial charge on any atom is -0.495 e. The molecule has 26 heavy (non-hydrogen) atoms. The second kappa shape index (κ2) is 8.80. The zero-order valence-corrected chi connectivity index (χ0v) is 15.6. The van der Waals surface area contributed by atoms with Crippen molar-refractivity contribution in [3.05, 3.63) is 47.5 Å². The van der Waals surface area contributed by atoms with Gasteiger partial charge in [-0.2, -0.15) is 0 Å². The number of nitrogens with one attached hydrogen (secondary N) is 1. The molecule has 0 aliphatic rings. The van der Waals surface area contributed by atoms with Crippen LogP contribution in [0.15, 0.2) is 36.4 Å². The number of amides is 1. The minimum atomic E-state index is -0.275. The Hall–Kier alpha value is -3.15. The van der Waals surface area contributed by atoms with Gasteiger partial charge in [0.05, 0.1) is 34.1 Å². The normalized spacial score (nSPS) is 10.5. The molecule has 6 nitrogen and oxygen atoms in total. The molecule has 2 rings (SSSR count). The molecule has 0 saturated carbocycles. The van der Waals surface area contributed by atoms with Gasteiger partial charge in [-0.05, 0) is 48.4 Å². The third-order valence-electron chi connectivity index (χ3n) is 3.73. The van der Waals surface area contributed by atoms with E-state index in [-0.39, 0.29) is 5.91 Å². The first-order valence-electron chi connectivity index (χ1n) is 7.96. The van der Waals surface area contributed by atoms with Crippen LogP contribution in [0.5, 0.6) is 23.0 Å². The zero-order chi connectivity index (χ0) is 19.1. The first-order chi connectivity index (χ1) is 12.5. The average Bonchev–Trinajstić information content (AvgIpc) is 2.65. The van der Waals surface area contributed by atoms with Crippen LogP contribution < -0.4 is 24.3 Å². The summed E-state index contributed by atoms with van der Waals surface area (Å²) in [5.74, 6) is 1.87. The lowest BCUT2D eigenvalue weighted by atomic mass is 10.1. The van der Waals surface area contributed by atoms with Gasteiger partial charge in [-0.1, -0.05) is 6.07 Å². The second-order valence-electron chi connectivity index (χ2n) is 5.48. The van der Waals surface area contributed by atoms with Gasteiger partial charge in [-0.3, -0.25) is 4.79 Å². The molecule has 0 aromatic heterocycles. The number of aryl methyl sites for hydroxylation is 1. The van der Waals surface area contributed by atoms with Gasteiger partial charge in [-0.15, -0.1) is 0 Å². The molecule has 1 N–H and O–H groups in total. The van der Waals surface area contributed by atoms with E-state index in [0.29, 0.717) is 28.7 Å². The molecule has 0 aliphatic heterocycles.